The molecule has 1 amide bonds. The van der Waals surface area contributed by atoms with Gasteiger partial charge in [-0.25, -0.2) is 22.1 Å². The number of rotatable bonds is 20. The van der Waals surface area contributed by atoms with Crippen molar-refractivity contribution < 1.29 is 91.6 Å². The second kappa shape index (κ2) is 22.1. The minimum absolute atomic E-state index is 0.0329. The zero-order chi connectivity index (χ0) is 56.8. The molecule has 10 N–H and O–H groups in total. The lowest BCUT2D eigenvalue weighted by Gasteiger charge is -2.25. The van der Waals surface area contributed by atoms with Gasteiger partial charge in [-0.3, -0.25) is 23.6 Å². The summed E-state index contributed by atoms with van der Waals surface area (Å²) >= 11 is 0. The fourth-order valence-corrected chi connectivity index (χ4v) is 13.6. The van der Waals surface area contributed by atoms with E-state index in [1.54, 1.807) is 12.1 Å². The van der Waals surface area contributed by atoms with E-state index in [1.165, 1.54) is 35.0 Å². The van der Waals surface area contributed by atoms with Gasteiger partial charge in [-0.1, -0.05) is 31.8 Å². The van der Waals surface area contributed by atoms with Crippen molar-refractivity contribution in [1.82, 2.24) is 19.9 Å². The van der Waals surface area contributed by atoms with Gasteiger partial charge in [-0.05, 0) is 75.6 Å². The summed E-state index contributed by atoms with van der Waals surface area (Å²) in [5.41, 5.74) is 8.30. The van der Waals surface area contributed by atoms with Gasteiger partial charge in [0.2, 0.25) is 17.5 Å². The average molecular weight is 1170 g/mol. The van der Waals surface area contributed by atoms with Crippen molar-refractivity contribution in [2.45, 2.75) is 106 Å². The number of nitrogens with one attached hydrogen (secondary N) is 2. The van der Waals surface area contributed by atoms with Crippen LogP contribution in [-0.4, -0.2) is 120 Å². The highest BCUT2D eigenvalue weighted by molar-refractivity contribution is 7.86. The fraction of sp³-hybridized carbons (Fsp3) is 0.422. The number of unbranched alkanes of at least 4 members (excludes halogenated alkanes) is 2. The number of allylic oxidation sites excluding steroid dienone is 4. The van der Waals surface area contributed by atoms with Crippen molar-refractivity contribution in [2.24, 2.45) is 0 Å². The molecule has 7 rings (SSSR count). The molecule has 5 atom stereocenters. The number of aromatic nitrogens is 3. The number of phosphoric acid groups is 3. The number of benzene rings is 2. The second-order valence-electron chi connectivity index (χ2n) is 19.0. The summed E-state index contributed by atoms with van der Waals surface area (Å²) in [4.78, 5) is 70.8. The number of aliphatic hydroxyl groups is 1. The number of phosphoric ester groups is 1. The zero-order valence-electron chi connectivity index (χ0n) is 41.8. The number of anilines is 2. The second-order valence-corrected chi connectivity index (χ2v) is 26.3. The maximum Gasteiger partial charge on any atom is 0.490 e. The normalized spacial score (nSPS) is 21.3. The molecule has 32 heteroatoms. The van der Waals surface area contributed by atoms with Crippen LogP contribution in [0.15, 0.2) is 81.1 Å². The molecule has 0 saturated carbocycles. The van der Waals surface area contributed by atoms with E-state index in [9.17, 15) is 64.1 Å². The number of hydrogen-bond acceptors (Lipinski definition) is 18. The van der Waals surface area contributed by atoms with Crippen LogP contribution in [0, 0.1) is 11.8 Å². The predicted molar refractivity (Wildman–Crippen MR) is 274 cm³/mol. The van der Waals surface area contributed by atoms with Crippen LogP contribution < -0.4 is 21.5 Å². The number of carbonyl (C=O) groups excluding carboxylic acids is 1. The number of nitrogen functional groups attached to an aromatic ring is 1. The largest absolute Gasteiger partial charge is 0.744 e. The number of ether oxygens (including phenoxy) is 1. The third kappa shape index (κ3) is 13.5. The van der Waals surface area contributed by atoms with Gasteiger partial charge >= 0.3 is 23.5 Å². The van der Waals surface area contributed by atoms with Crippen molar-refractivity contribution in [2.75, 3.05) is 36.9 Å². The number of carbonyl (C=O) groups is 1. The van der Waals surface area contributed by atoms with Crippen LogP contribution in [0.4, 0.5) is 17.3 Å². The minimum atomic E-state index is -5.81. The molecule has 77 heavy (non-hydrogen) atoms. The number of nitrogens with two attached hydrogens (primary N) is 1. The average Bonchev–Trinajstić information content (AvgIpc) is 4.02. The topological polar surface area (TPSA) is 413 Å². The standard InChI is InChI=1S/C45H56N7O20P3S2/c1-6-50-32-18-16-28(76(63,64)65)22-30(32)44(2,3)36(50)13-10-14-37-45(4,5)31-23-29(77(66,67)68)17-19-33(31)51(37)21-9-7-8-15-38(54)47-20-11-12-27-25-52(41-40(27)42(55)49-43(46)48-41)39-24-34(53)35(70-39)26-69-74(59,60)72-75(61,62)71-73(56,57)58/h10,13-14,16-19,22-23,25,34-35,39,53H,6-9,15,20-21,24,26H2,1-5H3,(H9-,46,47,48,49,54,55,56,57,58,59,60,61,62,63,64,65,66,67,68)/t34-,35+,39+/m0/s1. The molecule has 3 aliphatic heterocycles. The van der Waals surface area contributed by atoms with E-state index in [1.807, 2.05) is 57.7 Å². The molecule has 418 valence electrons. The summed E-state index contributed by atoms with van der Waals surface area (Å²) in [5, 5.41) is 13.4. The molecule has 4 aromatic rings. The highest BCUT2D eigenvalue weighted by Gasteiger charge is 2.46. The Kier molecular flexibility index (Phi) is 17.1. The van der Waals surface area contributed by atoms with Crippen molar-refractivity contribution in [1.29, 1.82) is 0 Å². The molecule has 2 unspecified atom stereocenters. The molecule has 1 saturated heterocycles. The van der Waals surface area contributed by atoms with Gasteiger partial charge in [0.25, 0.3) is 15.7 Å². The first-order valence-corrected chi connectivity index (χ1v) is 30.8. The maximum absolute atomic E-state index is 13.1. The first-order valence-electron chi connectivity index (χ1n) is 23.4. The fourth-order valence-electron chi connectivity index (χ4n) is 9.53. The Balaban J connectivity index is 0.992. The van der Waals surface area contributed by atoms with E-state index in [-0.39, 0.29) is 57.6 Å². The lowest BCUT2D eigenvalue weighted by molar-refractivity contribution is -0.438. The number of H-pyrrole nitrogens is 1. The molecule has 0 bridgehead atoms. The lowest BCUT2D eigenvalue weighted by Crippen LogP contribution is -2.28. The van der Waals surface area contributed by atoms with E-state index in [4.69, 9.17) is 20.3 Å². The Bertz CT molecular complexity index is 3630. The Morgan fingerprint density at radius 1 is 1.01 bits per heavy atom. The summed E-state index contributed by atoms with van der Waals surface area (Å²) in [6.45, 7) is 9.64. The quantitative estimate of drug-likeness (QED) is 0.0200. The molecule has 0 spiro atoms. The van der Waals surface area contributed by atoms with Crippen LogP contribution in [0.5, 0.6) is 0 Å². The van der Waals surface area contributed by atoms with Crippen molar-refractivity contribution in [3.05, 3.63) is 93.6 Å². The van der Waals surface area contributed by atoms with Gasteiger partial charge in [0, 0.05) is 66.5 Å². The maximum atomic E-state index is 13.1. The number of fused-ring (bicyclic) bond motifs is 3. The smallest absolute Gasteiger partial charge is 0.490 e. The number of likely N-dealkylation sites (N-methyl/N-ethyl adjacent to an activating group) is 1. The Morgan fingerprint density at radius 3 is 2.36 bits per heavy atom. The summed E-state index contributed by atoms with van der Waals surface area (Å²) < 4.78 is 126. The van der Waals surface area contributed by atoms with E-state index in [0.717, 1.165) is 22.8 Å². The van der Waals surface area contributed by atoms with Crippen LogP contribution in [0.2, 0.25) is 0 Å². The molecular weight excluding hydrogens is 1120 g/mol. The number of amides is 1. The van der Waals surface area contributed by atoms with Gasteiger partial charge in [0.05, 0.1) is 45.4 Å². The van der Waals surface area contributed by atoms with Crippen LogP contribution in [0.3, 0.4) is 0 Å². The van der Waals surface area contributed by atoms with Crippen molar-refractivity contribution in [3.8, 4) is 11.8 Å². The Morgan fingerprint density at radius 2 is 1.70 bits per heavy atom. The summed E-state index contributed by atoms with van der Waals surface area (Å²) in [7, 11) is -26.2. The minimum Gasteiger partial charge on any atom is -0.744 e. The van der Waals surface area contributed by atoms with Gasteiger partial charge in [-0.2, -0.15) is 26.6 Å². The number of nitrogens with zero attached hydrogens (tertiary/aromatic N) is 4. The molecule has 3 aliphatic rings. The molecule has 27 nitrogen and oxygen atoms in total. The summed E-state index contributed by atoms with van der Waals surface area (Å²) in [6.07, 6.45) is 4.74. The third-order valence-corrected chi connectivity index (χ3v) is 18.5. The molecular formula is C45H56N7O20P3S2. The number of aromatic amines is 1. The lowest BCUT2D eigenvalue weighted by atomic mass is 9.81. The van der Waals surface area contributed by atoms with E-state index in [2.05, 4.69) is 44.8 Å². The van der Waals surface area contributed by atoms with Crippen LogP contribution in [0.1, 0.15) is 89.6 Å². The first-order chi connectivity index (χ1) is 35.6. The highest BCUT2D eigenvalue weighted by atomic mass is 32.2. The van der Waals surface area contributed by atoms with E-state index in [0.29, 0.717) is 43.5 Å². The summed E-state index contributed by atoms with van der Waals surface area (Å²) in [5.74, 6) is 4.99. The molecule has 0 radical (unpaired) electrons. The molecule has 2 aromatic carbocycles. The zero-order valence-corrected chi connectivity index (χ0v) is 46.1. The van der Waals surface area contributed by atoms with Gasteiger partial charge in [0.15, 0.2) is 11.4 Å². The Labute approximate surface area is 441 Å². The molecule has 2 aromatic heterocycles. The molecule has 5 heterocycles. The van der Waals surface area contributed by atoms with Crippen LogP contribution in [-0.2, 0) is 67.4 Å². The molecule has 0 aliphatic carbocycles. The predicted octanol–water partition coefficient (Wildman–Crippen LogP) is 3.81. The van der Waals surface area contributed by atoms with Crippen molar-refractivity contribution in [3.63, 3.8) is 0 Å². The molecule has 1 fully saturated rings. The van der Waals surface area contributed by atoms with Gasteiger partial charge < -0.3 is 54.5 Å². The Hall–Kier alpha value is -5.21. The van der Waals surface area contributed by atoms with E-state index < -0.39 is 85.1 Å². The summed E-state index contributed by atoms with van der Waals surface area (Å²) in [6, 6.07) is 8.78. The van der Waals surface area contributed by atoms with Crippen LogP contribution in [0.25, 0.3) is 11.0 Å². The third-order valence-electron chi connectivity index (χ3n) is 13.1. The van der Waals surface area contributed by atoms with Crippen molar-refractivity contribution >= 4 is 83.7 Å². The van der Waals surface area contributed by atoms with E-state index >= 15 is 0 Å². The SMILES string of the molecule is CCN1C(=CC=CC2=[N+](CCCCCC(=O)NCC#Cc3cn([C@H]4C[C@H](O)[C@@H](COP(=O)(O)OP(=O)(O)OP(=O)(O)O)O4)c4nc(N)[nH]c(=O)c34)c3ccc(S(=O)(=O)O)cc3C2(C)C)C(C)(C)c2cc(S(=O)(=O)[O-])ccc21. The first kappa shape index (κ1) is 59.5. The van der Waals surface area contributed by atoms with Crippen LogP contribution >= 0.6 is 23.5 Å². The van der Waals surface area contributed by atoms with Gasteiger partial charge in [0.1, 0.15) is 29.0 Å². The highest BCUT2D eigenvalue weighted by Crippen LogP contribution is 2.66. The number of aliphatic hydroxyl groups excluding tert-OH is 1. The van der Waals surface area contributed by atoms with Gasteiger partial charge in [-0.15, -0.1) is 0 Å². The monoisotopic (exact) mass is 1170 g/mol. The number of hydrogen-bond donors (Lipinski definition) is 9.